The molecule has 0 saturated carbocycles. The first-order valence-electron chi connectivity index (χ1n) is 7.96. The van der Waals surface area contributed by atoms with Crippen LogP contribution in [-0.4, -0.2) is 0 Å². The van der Waals surface area contributed by atoms with Gasteiger partial charge in [-0.05, 0) is 48.6 Å². The van der Waals surface area contributed by atoms with E-state index in [0.29, 0.717) is 16.2 Å². The van der Waals surface area contributed by atoms with Crippen LogP contribution in [0.15, 0.2) is 56.3 Å². The smallest absolute Gasteiger partial charge is 0.339 e. The van der Waals surface area contributed by atoms with E-state index in [0.717, 1.165) is 52.3 Å². The lowest BCUT2D eigenvalue weighted by Crippen LogP contribution is -2.06. The second-order valence-corrected chi connectivity index (χ2v) is 6.64. The molecular weight excluding hydrogens is 324 g/mol. The maximum atomic E-state index is 12.1. The molecular formula is C20H13ClO3. The van der Waals surface area contributed by atoms with Crippen molar-refractivity contribution in [3.8, 4) is 11.1 Å². The summed E-state index contributed by atoms with van der Waals surface area (Å²) < 4.78 is 11.2. The second kappa shape index (κ2) is 4.99. The molecule has 0 unspecified atom stereocenters. The average Bonchev–Trinajstić information content (AvgIpc) is 3.21. The lowest BCUT2D eigenvalue weighted by Gasteiger charge is -2.05. The van der Waals surface area contributed by atoms with Crippen molar-refractivity contribution in [1.29, 1.82) is 0 Å². The van der Waals surface area contributed by atoms with Gasteiger partial charge in [0.2, 0.25) is 0 Å². The summed E-state index contributed by atoms with van der Waals surface area (Å²) in [6.45, 7) is 0. The molecule has 24 heavy (non-hydrogen) atoms. The van der Waals surface area contributed by atoms with Crippen molar-refractivity contribution in [3.05, 3.63) is 69.2 Å². The molecule has 0 saturated heterocycles. The van der Waals surface area contributed by atoms with E-state index in [1.54, 1.807) is 6.26 Å². The number of benzene rings is 2. The van der Waals surface area contributed by atoms with E-state index >= 15 is 0 Å². The minimum Gasteiger partial charge on any atom is -0.464 e. The molecule has 2 aromatic heterocycles. The fourth-order valence-electron chi connectivity index (χ4n) is 3.66. The Labute approximate surface area is 142 Å². The van der Waals surface area contributed by atoms with Gasteiger partial charge in [-0.3, -0.25) is 0 Å². The van der Waals surface area contributed by atoms with E-state index in [9.17, 15) is 4.79 Å². The van der Waals surface area contributed by atoms with Crippen molar-refractivity contribution >= 4 is 33.5 Å². The van der Waals surface area contributed by atoms with Gasteiger partial charge in [0, 0.05) is 33.0 Å². The van der Waals surface area contributed by atoms with Crippen molar-refractivity contribution in [3.63, 3.8) is 0 Å². The molecule has 2 aromatic carbocycles. The molecule has 0 radical (unpaired) electrons. The maximum absolute atomic E-state index is 12.1. The van der Waals surface area contributed by atoms with Crippen LogP contribution >= 0.6 is 11.6 Å². The predicted octanol–water partition coefficient (Wildman–Crippen LogP) is 5.35. The third-order valence-corrected chi connectivity index (χ3v) is 5.07. The van der Waals surface area contributed by atoms with Gasteiger partial charge in [0.05, 0.1) is 6.26 Å². The summed E-state index contributed by atoms with van der Waals surface area (Å²) in [6.07, 6.45) is 4.48. The lowest BCUT2D eigenvalue weighted by molar-refractivity contribution is 0.550. The van der Waals surface area contributed by atoms with Gasteiger partial charge >= 0.3 is 5.63 Å². The summed E-state index contributed by atoms with van der Waals surface area (Å²) in [5.41, 5.74) is 5.13. The van der Waals surface area contributed by atoms with Crippen molar-refractivity contribution < 1.29 is 8.83 Å². The van der Waals surface area contributed by atoms with Gasteiger partial charge in [-0.15, -0.1) is 0 Å². The number of fused-ring (bicyclic) bond motifs is 4. The Morgan fingerprint density at radius 3 is 2.54 bits per heavy atom. The summed E-state index contributed by atoms with van der Waals surface area (Å²) in [6, 6.07) is 11.6. The zero-order valence-corrected chi connectivity index (χ0v) is 13.5. The Morgan fingerprint density at radius 2 is 1.71 bits per heavy atom. The molecule has 2 heterocycles. The summed E-state index contributed by atoms with van der Waals surface area (Å²) in [4.78, 5) is 12.1. The van der Waals surface area contributed by atoms with Crippen molar-refractivity contribution in [2.45, 2.75) is 19.3 Å². The van der Waals surface area contributed by atoms with Crippen LogP contribution in [0.1, 0.15) is 17.5 Å². The number of aryl methyl sites for hydroxylation is 1. The molecule has 118 valence electrons. The summed E-state index contributed by atoms with van der Waals surface area (Å²) in [5, 5.41) is 2.75. The highest BCUT2D eigenvalue weighted by molar-refractivity contribution is 6.30. The second-order valence-electron chi connectivity index (χ2n) is 6.20. The largest absolute Gasteiger partial charge is 0.464 e. The van der Waals surface area contributed by atoms with Crippen LogP contribution in [-0.2, 0) is 12.8 Å². The fraction of sp³-hybridized carbons (Fsp3) is 0.150. The predicted molar refractivity (Wildman–Crippen MR) is 94.7 cm³/mol. The molecule has 0 N–H and O–H groups in total. The zero-order valence-electron chi connectivity index (χ0n) is 12.8. The summed E-state index contributed by atoms with van der Waals surface area (Å²) in [7, 11) is 0. The van der Waals surface area contributed by atoms with Gasteiger partial charge in [-0.2, -0.15) is 0 Å². The van der Waals surface area contributed by atoms with Crippen LogP contribution < -0.4 is 5.63 Å². The Balaban J connectivity index is 1.83. The fourth-order valence-corrected chi connectivity index (χ4v) is 3.78. The molecule has 4 aromatic rings. The van der Waals surface area contributed by atoms with E-state index in [2.05, 4.69) is 6.07 Å². The van der Waals surface area contributed by atoms with Crippen molar-refractivity contribution in [1.82, 2.24) is 0 Å². The van der Waals surface area contributed by atoms with E-state index < -0.39 is 0 Å². The van der Waals surface area contributed by atoms with E-state index in [4.69, 9.17) is 20.4 Å². The summed E-state index contributed by atoms with van der Waals surface area (Å²) >= 11 is 5.98. The number of halogens is 1. The molecule has 0 fully saturated rings. The molecule has 3 nitrogen and oxygen atoms in total. The van der Waals surface area contributed by atoms with Crippen LogP contribution in [0, 0.1) is 0 Å². The first-order chi connectivity index (χ1) is 11.7. The highest BCUT2D eigenvalue weighted by Crippen LogP contribution is 2.36. The molecule has 0 bridgehead atoms. The number of furan rings is 1. The SMILES string of the molecule is O=c1oc2cc3occ(-c4ccc(Cl)cc4)c3cc2c2c1CCC2. The molecule has 1 aliphatic rings. The Kier molecular flexibility index (Phi) is 2.88. The third kappa shape index (κ3) is 1.95. The molecule has 5 rings (SSSR count). The zero-order chi connectivity index (χ0) is 16.3. The quantitative estimate of drug-likeness (QED) is 0.440. The molecule has 0 aliphatic heterocycles. The Hall–Kier alpha value is -2.52. The van der Waals surface area contributed by atoms with Gasteiger partial charge in [0.25, 0.3) is 0 Å². The summed E-state index contributed by atoms with van der Waals surface area (Å²) in [5.74, 6) is 0. The first-order valence-corrected chi connectivity index (χ1v) is 8.34. The van der Waals surface area contributed by atoms with Crippen LogP contribution in [0.2, 0.25) is 5.02 Å². The van der Waals surface area contributed by atoms with E-state index in [1.807, 2.05) is 30.3 Å². The average molecular weight is 337 g/mol. The minimum absolute atomic E-state index is 0.209. The van der Waals surface area contributed by atoms with Gasteiger partial charge in [0.15, 0.2) is 0 Å². The highest BCUT2D eigenvalue weighted by Gasteiger charge is 2.21. The standard InChI is InChI=1S/C20H13ClO3/c21-12-6-4-11(5-7-12)17-10-23-18-9-19-15(8-16(17)18)13-2-1-3-14(13)20(22)24-19/h4-10H,1-3H2. The minimum atomic E-state index is -0.209. The van der Waals surface area contributed by atoms with Crippen LogP contribution in [0.5, 0.6) is 0 Å². The van der Waals surface area contributed by atoms with Crippen molar-refractivity contribution in [2.24, 2.45) is 0 Å². The number of hydrogen-bond acceptors (Lipinski definition) is 3. The van der Waals surface area contributed by atoms with Gasteiger partial charge < -0.3 is 8.83 Å². The first kappa shape index (κ1) is 13.9. The topological polar surface area (TPSA) is 43.4 Å². The van der Waals surface area contributed by atoms with Crippen LogP contribution in [0.3, 0.4) is 0 Å². The van der Waals surface area contributed by atoms with Crippen LogP contribution in [0.25, 0.3) is 33.1 Å². The van der Waals surface area contributed by atoms with Crippen molar-refractivity contribution in [2.75, 3.05) is 0 Å². The Bertz CT molecular complexity index is 1150. The van der Waals surface area contributed by atoms with Gasteiger partial charge in [0.1, 0.15) is 11.2 Å². The monoisotopic (exact) mass is 336 g/mol. The Morgan fingerprint density at radius 1 is 0.917 bits per heavy atom. The molecule has 1 aliphatic carbocycles. The number of hydrogen-bond donors (Lipinski definition) is 0. The van der Waals surface area contributed by atoms with E-state index in [-0.39, 0.29) is 5.63 Å². The molecule has 0 atom stereocenters. The lowest BCUT2D eigenvalue weighted by atomic mass is 10.0. The van der Waals surface area contributed by atoms with Gasteiger partial charge in [-0.1, -0.05) is 23.7 Å². The number of rotatable bonds is 1. The van der Waals surface area contributed by atoms with E-state index in [1.165, 1.54) is 0 Å². The maximum Gasteiger partial charge on any atom is 0.339 e. The van der Waals surface area contributed by atoms with Gasteiger partial charge in [-0.25, -0.2) is 4.79 Å². The van der Waals surface area contributed by atoms with Crippen LogP contribution in [0.4, 0.5) is 0 Å². The highest BCUT2D eigenvalue weighted by atomic mass is 35.5. The molecule has 4 heteroatoms. The molecule has 0 amide bonds. The molecule has 0 spiro atoms. The third-order valence-electron chi connectivity index (χ3n) is 4.82. The normalized spacial score (nSPS) is 13.7.